The average Bonchev–Trinajstić information content (AvgIpc) is 3.21. The minimum absolute atomic E-state index is 0.0426. The van der Waals surface area contributed by atoms with Crippen LogP contribution in [0.5, 0.6) is 5.75 Å². The fraction of sp³-hybridized carbons (Fsp3) is 0.417. The number of ether oxygens (including phenoxy) is 2. The molecule has 0 spiro atoms. The van der Waals surface area contributed by atoms with Crippen molar-refractivity contribution in [2.24, 2.45) is 10.1 Å². The number of aliphatic hydroxyl groups excluding tert-OH is 3. The Morgan fingerprint density at radius 1 is 1.23 bits per heavy atom. The molecule has 186 valence electrons. The van der Waals surface area contributed by atoms with E-state index >= 15 is 0 Å². The van der Waals surface area contributed by atoms with E-state index in [-0.39, 0.29) is 18.9 Å². The molecule has 35 heavy (non-hydrogen) atoms. The highest BCUT2D eigenvalue weighted by atomic mass is 16.5. The molecule has 0 saturated carbocycles. The van der Waals surface area contributed by atoms with Crippen LogP contribution in [0.25, 0.3) is 10.4 Å². The third kappa shape index (κ3) is 6.09. The summed E-state index contributed by atoms with van der Waals surface area (Å²) in [6.07, 6.45) is -0.132. The Bertz CT molecular complexity index is 1080. The van der Waals surface area contributed by atoms with Crippen LogP contribution in [0, 0.1) is 0 Å². The summed E-state index contributed by atoms with van der Waals surface area (Å²) >= 11 is 0. The fourth-order valence-corrected chi connectivity index (χ4v) is 3.70. The molecule has 2 aromatic carbocycles. The van der Waals surface area contributed by atoms with Gasteiger partial charge in [0.05, 0.1) is 25.9 Å². The number of aliphatic imine (C=N–C) groups is 1. The van der Waals surface area contributed by atoms with Gasteiger partial charge in [0, 0.05) is 35.6 Å². The molecule has 0 aromatic heterocycles. The SMILES string of the molecule is C[C@H]1OC(c2ccc(OCCCO)cc2)=N[C@@]1(Cc1ccccc1N=[N+]=[N-])C(=O)NC(CO)CO. The number of azide groups is 1. The molecular weight excluding hydrogens is 454 g/mol. The Labute approximate surface area is 202 Å². The van der Waals surface area contributed by atoms with Gasteiger partial charge >= 0.3 is 0 Å². The average molecular weight is 484 g/mol. The second-order valence-corrected chi connectivity index (χ2v) is 8.08. The molecule has 0 bridgehead atoms. The molecule has 0 unspecified atom stereocenters. The van der Waals surface area contributed by atoms with Gasteiger partial charge in [0.15, 0.2) is 5.54 Å². The molecule has 2 aromatic rings. The van der Waals surface area contributed by atoms with Crippen molar-refractivity contribution in [2.75, 3.05) is 26.4 Å². The summed E-state index contributed by atoms with van der Waals surface area (Å²) in [5.41, 5.74) is 9.08. The zero-order chi connectivity index (χ0) is 25.3. The molecular formula is C24H29N5O6. The smallest absolute Gasteiger partial charge is 0.252 e. The van der Waals surface area contributed by atoms with Gasteiger partial charge in [-0.05, 0) is 42.3 Å². The molecule has 0 radical (unpaired) electrons. The van der Waals surface area contributed by atoms with Crippen molar-refractivity contribution in [2.45, 2.75) is 37.5 Å². The maximum atomic E-state index is 13.5. The third-order valence-corrected chi connectivity index (χ3v) is 5.71. The van der Waals surface area contributed by atoms with Crippen LogP contribution in [0.1, 0.15) is 24.5 Å². The molecule has 4 N–H and O–H groups in total. The fourth-order valence-electron chi connectivity index (χ4n) is 3.70. The van der Waals surface area contributed by atoms with Gasteiger partial charge in [-0.3, -0.25) is 4.79 Å². The molecule has 1 aliphatic heterocycles. The van der Waals surface area contributed by atoms with E-state index < -0.39 is 36.8 Å². The van der Waals surface area contributed by atoms with Crippen LogP contribution in [0.4, 0.5) is 5.69 Å². The van der Waals surface area contributed by atoms with E-state index in [2.05, 4.69) is 15.3 Å². The largest absolute Gasteiger partial charge is 0.494 e. The number of benzene rings is 2. The molecule has 1 aliphatic rings. The first kappa shape index (κ1) is 26.0. The van der Waals surface area contributed by atoms with Crippen molar-refractivity contribution in [1.29, 1.82) is 0 Å². The van der Waals surface area contributed by atoms with Crippen molar-refractivity contribution >= 4 is 17.5 Å². The predicted molar refractivity (Wildman–Crippen MR) is 129 cm³/mol. The van der Waals surface area contributed by atoms with Gasteiger partial charge in [0.2, 0.25) is 5.90 Å². The lowest BCUT2D eigenvalue weighted by Crippen LogP contribution is -2.56. The van der Waals surface area contributed by atoms with Crippen LogP contribution in [-0.2, 0) is 16.0 Å². The molecule has 0 saturated heterocycles. The number of carbonyl (C=O) groups is 1. The van der Waals surface area contributed by atoms with Crippen LogP contribution in [0.15, 0.2) is 58.6 Å². The van der Waals surface area contributed by atoms with Crippen LogP contribution < -0.4 is 10.1 Å². The van der Waals surface area contributed by atoms with E-state index in [1.165, 1.54) is 0 Å². The molecule has 0 aliphatic carbocycles. The Morgan fingerprint density at radius 3 is 2.60 bits per heavy atom. The van der Waals surface area contributed by atoms with Gasteiger partial charge in [-0.1, -0.05) is 29.4 Å². The molecule has 2 atom stereocenters. The maximum absolute atomic E-state index is 13.5. The summed E-state index contributed by atoms with van der Waals surface area (Å²) in [6.45, 7) is 1.25. The Kier molecular flexibility index (Phi) is 9.04. The number of hydrogen-bond acceptors (Lipinski definition) is 8. The quantitative estimate of drug-likeness (QED) is 0.156. The highest BCUT2D eigenvalue weighted by molar-refractivity contribution is 6.01. The highest BCUT2D eigenvalue weighted by Gasteiger charge is 2.51. The molecule has 3 rings (SSSR count). The van der Waals surface area contributed by atoms with Crippen LogP contribution >= 0.6 is 0 Å². The van der Waals surface area contributed by atoms with Gasteiger partial charge in [-0.15, -0.1) is 0 Å². The molecule has 0 fully saturated rings. The van der Waals surface area contributed by atoms with Crippen molar-refractivity contribution < 1.29 is 29.6 Å². The van der Waals surface area contributed by atoms with Gasteiger partial charge < -0.3 is 30.1 Å². The first-order chi connectivity index (χ1) is 17.0. The van der Waals surface area contributed by atoms with Crippen molar-refractivity contribution in [1.82, 2.24) is 5.32 Å². The van der Waals surface area contributed by atoms with Gasteiger partial charge in [0.25, 0.3) is 5.91 Å². The minimum Gasteiger partial charge on any atom is -0.494 e. The molecule has 1 amide bonds. The Hall–Kier alpha value is -3.63. The number of hydrogen-bond donors (Lipinski definition) is 4. The maximum Gasteiger partial charge on any atom is 0.252 e. The van der Waals surface area contributed by atoms with E-state index in [1.807, 2.05) is 0 Å². The first-order valence-corrected chi connectivity index (χ1v) is 11.2. The van der Waals surface area contributed by atoms with Crippen LogP contribution in [0.3, 0.4) is 0 Å². The topological polar surface area (TPSA) is 169 Å². The predicted octanol–water partition coefficient (Wildman–Crippen LogP) is 2.01. The molecule has 11 nitrogen and oxygen atoms in total. The van der Waals surface area contributed by atoms with Crippen molar-refractivity contribution in [3.8, 4) is 5.75 Å². The lowest BCUT2D eigenvalue weighted by molar-refractivity contribution is -0.129. The summed E-state index contributed by atoms with van der Waals surface area (Å²) in [6, 6.07) is 13.0. The number of aliphatic hydroxyl groups is 3. The first-order valence-electron chi connectivity index (χ1n) is 11.2. The summed E-state index contributed by atoms with van der Waals surface area (Å²) in [5, 5.41) is 34.2. The second kappa shape index (κ2) is 12.2. The third-order valence-electron chi connectivity index (χ3n) is 5.71. The standard InChI is InChI=1S/C24H29N5O6/c1-16-24(23(33)26-19(14-31)15-32,13-18-5-2-3-6-21(18)28-29-25)27-22(35-16)17-7-9-20(10-8-17)34-12-4-11-30/h2-3,5-10,16,19,30-32H,4,11-15H2,1H3,(H,26,33)/t16-,24-/m1/s1. The number of rotatable bonds is 12. The van der Waals surface area contributed by atoms with Crippen LogP contribution in [0.2, 0.25) is 0 Å². The number of amides is 1. The highest BCUT2D eigenvalue weighted by Crippen LogP contribution is 2.35. The molecule has 11 heteroatoms. The van der Waals surface area contributed by atoms with Crippen molar-refractivity contribution in [3.63, 3.8) is 0 Å². The zero-order valence-electron chi connectivity index (χ0n) is 19.4. The summed E-state index contributed by atoms with van der Waals surface area (Å²) in [4.78, 5) is 21.1. The van der Waals surface area contributed by atoms with Gasteiger partial charge in [-0.25, -0.2) is 4.99 Å². The molecule has 1 heterocycles. The zero-order valence-corrected chi connectivity index (χ0v) is 19.4. The lowest BCUT2D eigenvalue weighted by Gasteiger charge is -2.30. The number of nitrogens with zero attached hydrogens (tertiary/aromatic N) is 4. The summed E-state index contributed by atoms with van der Waals surface area (Å²) in [5.74, 6) is 0.336. The van der Waals surface area contributed by atoms with E-state index in [9.17, 15) is 15.0 Å². The van der Waals surface area contributed by atoms with Gasteiger partial charge in [0.1, 0.15) is 11.9 Å². The normalized spacial score (nSPS) is 19.0. The summed E-state index contributed by atoms with van der Waals surface area (Å²) < 4.78 is 11.6. The van der Waals surface area contributed by atoms with E-state index in [0.717, 1.165) is 0 Å². The van der Waals surface area contributed by atoms with E-state index in [1.54, 1.807) is 55.5 Å². The Morgan fingerprint density at radius 2 is 1.94 bits per heavy atom. The minimum atomic E-state index is -1.45. The van der Waals surface area contributed by atoms with Crippen LogP contribution in [-0.4, -0.2) is 71.2 Å². The number of nitrogens with one attached hydrogen (secondary N) is 1. The summed E-state index contributed by atoms with van der Waals surface area (Å²) in [7, 11) is 0. The van der Waals surface area contributed by atoms with Gasteiger partial charge in [-0.2, -0.15) is 0 Å². The monoisotopic (exact) mass is 483 g/mol. The number of carbonyl (C=O) groups excluding carboxylic acids is 1. The van der Waals surface area contributed by atoms with Crippen molar-refractivity contribution in [3.05, 3.63) is 70.1 Å². The Balaban J connectivity index is 1.98. The lowest BCUT2D eigenvalue weighted by atomic mass is 9.85. The van der Waals surface area contributed by atoms with E-state index in [4.69, 9.17) is 25.1 Å². The second-order valence-electron chi connectivity index (χ2n) is 8.08. The van der Waals surface area contributed by atoms with E-state index in [0.29, 0.717) is 35.6 Å².